The van der Waals surface area contributed by atoms with E-state index in [-0.39, 0.29) is 0 Å². The number of hydrogen-bond acceptors (Lipinski definition) is 2. The molecule has 0 bridgehead atoms. The number of hydrogen-bond donors (Lipinski definition) is 1. The number of aromatic nitrogens is 2. The summed E-state index contributed by atoms with van der Waals surface area (Å²) in [6.07, 6.45) is -2.56. The molecule has 0 spiro atoms. The van der Waals surface area contributed by atoms with Gasteiger partial charge in [0.15, 0.2) is 0 Å². The fourth-order valence-electron chi connectivity index (χ4n) is 2.10. The van der Waals surface area contributed by atoms with E-state index in [0.29, 0.717) is 18.7 Å². The van der Waals surface area contributed by atoms with E-state index in [4.69, 9.17) is 0 Å². The van der Waals surface area contributed by atoms with Crippen molar-refractivity contribution in [2.45, 2.75) is 33.1 Å². The molecular weight excluding hydrogens is 279 g/mol. The maximum Gasteiger partial charge on any atom is 0.416 e. The summed E-state index contributed by atoms with van der Waals surface area (Å²) in [6.45, 7) is 5.85. The zero-order chi connectivity index (χ0) is 15.5. The monoisotopic (exact) mass is 297 g/mol. The zero-order valence-corrected chi connectivity index (χ0v) is 12.0. The lowest BCUT2D eigenvalue weighted by atomic mass is 10.1. The van der Waals surface area contributed by atoms with Gasteiger partial charge in [-0.1, -0.05) is 19.1 Å². The highest BCUT2D eigenvalue weighted by Gasteiger charge is 2.30. The van der Waals surface area contributed by atoms with Gasteiger partial charge < -0.3 is 5.32 Å². The van der Waals surface area contributed by atoms with E-state index in [1.807, 2.05) is 13.8 Å². The molecular formula is C15H18F3N3. The second kappa shape index (κ2) is 6.30. The van der Waals surface area contributed by atoms with Crippen molar-refractivity contribution < 1.29 is 13.2 Å². The van der Waals surface area contributed by atoms with Crippen LogP contribution in [0.1, 0.15) is 29.3 Å². The van der Waals surface area contributed by atoms with Gasteiger partial charge in [-0.15, -0.1) is 0 Å². The summed E-state index contributed by atoms with van der Waals surface area (Å²) in [5.41, 5.74) is 1.99. The summed E-state index contributed by atoms with van der Waals surface area (Å²) >= 11 is 0. The van der Waals surface area contributed by atoms with Crippen LogP contribution in [-0.4, -0.2) is 16.3 Å². The standard InChI is InChI=1S/C15H18F3N3/c1-3-19-8-13-9-20-21(11(13)2)10-12-5-4-6-14(7-12)15(16,17)18/h4-7,9,19H,3,8,10H2,1-2H3. The predicted molar refractivity (Wildman–Crippen MR) is 74.9 cm³/mol. The van der Waals surface area contributed by atoms with Gasteiger partial charge in [-0.3, -0.25) is 4.68 Å². The van der Waals surface area contributed by atoms with Gasteiger partial charge in [0.1, 0.15) is 0 Å². The first-order valence-electron chi connectivity index (χ1n) is 6.80. The van der Waals surface area contributed by atoms with E-state index < -0.39 is 11.7 Å². The van der Waals surface area contributed by atoms with Crippen LogP contribution in [0, 0.1) is 6.92 Å². The minimum atomic E-state index is -4.31. The average molecular weight is 297 g/mol. The Kier molecular flexibility index (Phi) is 4.67. The fraction of sp³-hybridized carbons (Fsp3) is 0.400. The van der Waals surface area contributed by atoms with Crippen LogP contribution in [0.25, 0.3) is 0 Å². The third-order valence-corrected chi connectivity index (χ3v) is 3.36. The maximum atomic E-state index is 12.7. The molecule has 0 saturated heterocycles. The highest BCUT2D eigenvalue weighted by molar-refractivity contribution is 5.26. The zero-order valence-electron chi connectivity index (χ0n) is 12.0. The molecule has 0 atom stereocenters. The van der Waals surface area contributed by atoms with E-state index in [1.54, 1.807) is 16.9 Å². The van der Waals surface area contributed by atoms with Crippen LogP contribution in [0.4, 0.5) is 13.2 Å². The highest BCUT2D eigenvalue weighted by atomic mass is 19.4. The largest absolute Gasteiger partial charge is 0.416 e. The molecule has 0 aliphatic heterocycles. The van der Waals surface area contributed by atoms with Crippen LogP contribution in [0.3, 0.4) is 0 Å². The molecule has 1 aromatic carbocycles. The molecule has 0 unspecified atom stereocenters. The van der Waals surface area contributed by atoms with Crippen molar-refractivity contribution in [1.82, 2.24) is 15.1 Å². The number of alkyl halides is 3. The van der Waals surface area contributed by atoms with Crippen LogP contribution in [0.2, 0.25) is 0 Å². The minimum absolute atomic E-state index is 0.335. The number of benzene rings is 1. The molecule has 1 aromatic heterocycles. The van der Waals surface area contributed by atoms with Crippen molar-refractivity contribution in [1.29, 1.82) is 0 Å². The van der Waals surface area contributed by atoms with E-state index in [0.717, 1.165) is 23.9 Å². The van der Waals surface area contributed by atoms with Gasteiger partial charge in [0.2, 0.25) is 0 Å². The first-order chi connectivity index (χ1) is 9.91. The number of rotatable bonds is 5. The molecule has 0 saturated carbocycles. The summed E-state index contributed by atoms with van der Waals surface area (Å²) in [6, 6.07) is 5.36. The second-order valence-electron chi connectivity index (χ2n) is 4.89. The molecule has 21 heavy (non-hydrogen) atoms. The van der Waals surface area contributed by atoms with Gasteiger partial charge in [0.05, 0.1) is 18.3 Å². The van der Waals surface area contributed by atoms with Gasteiger partial charge in [-0.2, -0.15) is 18.3 Å². The Hall–Kier alpha value is -1.82. The van der Waals surface area contributed by atoms with Crippen LogP contribution < -0.4 is 5.32 Å². The molecule has 1 heterocycles. The number of halogens is 3. The van der Waals surface area contributed by atoms with Crippen LogP contribution >= 0.6 is 0 Å². The van der Waals surface area contributed by atoms with Crippen molar-refractivity contribution in [3.8, 4) is 0 Å². The van der Waals surface area contributed by atoms with E-state index in [2.05, 4.69) is 10.4 Å². The van der Waals surface area contributed by atoms with Crippen molar-refractivity contribution >= 4 is 0 Å². The lowest BCUT2D eigenvalue weighted by Crippen LogP contribution is -2.13. The van der Waals surface area contributed by atoms with Gasteiger partial charge in [0, 0.05) is 17.8 Å². The quantitative estimate of drug-likeness (QED) is 0.917. The van der Waals surface area contributed by atoms with Gasteiger partial charge in [-0.25, -0.2) is 0 Å². The third-order valence-electron chi connectivity index (χ3n) is 3.36. The molecule has 0 fully saturated rings. The van der Waals surface area contributed by atoms with Crippen molar-refractivity contribution in [3.63, 3.8) is 0 Å². The molecule has 3 nitrogen and oxygen atoms in total. The number of nitrogens with one attached hydrogen (secondary N) is 1. The molecule has 2 rings (SSSR count). The van der Waals surface area contributed by atoms with Gasteiger partial charge in [-0.05, 0) is 31.2 Å². The van der Waals surface area contributed by atoms with Crippen molar-refractivity contribution in [2.24, 2.45) is 0 Å². The molecule has 0 aliphatic rings. The maximum absolute atomic E-state index is 12.7. The van der Waals surface area contributed by atoms with E-state index in [9.17, 15) is 13.2 Å². The van der Waals surface area contributed by atoms with E-state index >= 15 is 0 Å². The molecule has 2 aromatic rings. The smallest absolute Gasteiger partial charge is 0.313 e. The minimum Gasteiger partial charge on any atom is -0.313 e. The number of nitrogens with zero attached hydrogens (tertiary/aromatic N) is 2. The van der Waals surface area contributed by atoms with Crippen molar-refractivity contribution in [3.05, 3.63) is 52.8 Å². The lowest BCUT2D eigenvalue weighted by Gasteiger charge is -2.10. The topological polar surface area (TPSA) is 29.9 Å². The summed E-state index contributed by atoms with van der Waals surface area (Å²) in [5, 5.41) is 7.46. The van der Waals surface area contributed by atoms with Crippen molar-refractivity contribution in [2.75, 3.05) is 6.54 Å². The van der Waals surface area contributed by atoms with Gasteiger partial charge >= 0.3 is 6.18 Å². The predicted octanol–water partition coefficient (Wildman–Crippen LogP) is 3.37. The molecule has 0 aliphatic carbocycles. The summed E-state index contributed by atoms with van der Waals surface area (Å²) < 4.78 is 39.8. The first-order valence-corrected chi connectivity index (χ1v) is 6.80. The van der Waals surface area contributed by atoms with E-state index in [1.165, 1.54) is 12.1 Å². The molecule has 1 N–H and O–H groups in total. The Labute approximate surface area is 121 Å². The highest BCUT2D eigenvalue weighted by Crippen LogP contribution is 2.29. The van der Waals surface area contributed by atoms with Gasteiger partial charge in [0.25, 0.3) is 0 Å². The Bertz CT molecular complexity index is 602. The lowest BCUT2D eigenvalue weighted by molar-refractivity contribution is -0.137. The third kappa shape index (κ3) is 3.85. The fourth-order valence-corrected chi connectivity index (χ4v) is 2.10. The van der Waals surface area contributed by atoms with Crippen LogP contribution in [0.15, 0.2) is 30.5 Å². The normalized spacial score (nSPS) is 11.9. The molecule has 0 amide bonds. The Morgan fingerprint density at radius 2 is 2.05 bits per heavy atom. The van der Waals surface area contributed by atoms with Crippen LogP contribution in [-0.2, 0) is 19.3 Å². The molecule has 114 valence electrons. The Morgan fingerprint density at radius 1 is 1.29 bits per heavy atom. The molecule has 6 heteroatoms. The Balaban J connectivity index is 2.17. The summed E-state index contributed by atoms with van der Waals surface area (Å²) in [5.74, 6) is 0. The molecule has 0 radical (unpaired) electrons. The van der Waals surface area contributed by atoms with Crippen LogP contribution in [0.5, 0.6) is 0 Å². The summed E-state index contributed by atoms with van der Waals surface area (Å²) in [4.78, 5) is 0. The first kappa shape index (κ1) is 15.6. The Morgan fingerprint density at radius 3 is 2.71 bits per heavy atom. The SMILES string of the molecule is CCNCc1cnn(Cc2cccc(C(F)(F)F)c2)c1C. The average Bonchev–Trinajstić information content (AvgIpc) is 2.77. The second-order valence-corrected chi connectivity index (χ2v) is 4.89. The summed E-state index contributed by atoms with van der Waals surface area (Å²) in [7, 11) is 0.